The van der Waals surface area contributed by atoms with Gasteiger partial charge in [-0.15, -0.1) is 0 Å². The van der Waals surface area contributed by atoms with Gasteiger partial charge in [-0.3, -0.25) is 24.8 Å². The van der Waals surface area contributed by atoms with Crippen LogP contribution in [0.5, 0.6) is 0 Å². The Kier molecular flexibility index (Phi) is 2.83. The van der Waals surface area contributed by atoms with Gasteiger partial charge in [-0.05, 0) is 6.07 Å². The molecule has 0 fully saturated rings. The van der Waals surface area contributed by atoms with E-state index in [1.54, 1.807) is 0 Å². The number of sulfonamides is 1. The molecule has 0 saturated heterocycles. The SMILES string of the molecule is CS(=O)(=O)Nc1c([N+](=O)[O-])ccc2nccnc12. The molecule has 1 N–H and O–H groups in total. The van der Waals surface area contributed by atoms with E-state index in [0.717, 1.165) is 6.26 Å². The van der Waals surface area contributed by atoms with Crippen LogP contribution in [0.2, 0.25) is 0 Å². The van der Waals surface area contributed by atoms with Gasteiger partial charge in [0, 0.05) is 18.5 Å². The van der Waals surface area contributed by atoms with E-state index >= 15 is 0 Å². The van der Waals surface area contributed by atoms with E-state index in [2.05, 4.69) is 14.7 Å². The summed E-state index contributed by atoms with van der Waals surface area (Å²) in [6, 6.07) is 2.60. The average Bonchev–Trinajstić information content (AvgIpc) is 2.27. The molecular formula is C9H8N4O4S. The second-order valence-electron chi connectivity index (χ2n) is 3.52. The van der Waals surface area contributed by atoms with Crippen molar-refractivity contribution in [2.45, 2.75) is 0 Å². The molecule has 18 heavy (non-hydrogen) atoms. The second-order valence-corrected chi connectivity index (χ2v) is 5.26. The van der Waals surface area contributed by atoms with Gasteiger partial charge in [-0.25, -0.2) is 8.42 Å². The van der Waals surface area contributed by atoms with Gasteiger partial charge in [0.25, 0.3) is 5.69 Å². The Morgan fingerprint density at radius 1 is 1.28 bits per heavy atom. The standard InChI is InChI=1S/C9H8N4O4S/c1-18(16,17)12-9-7(13(14)15)3-2-6-8(9)11-5-4-10-6/h2-5,12H,1H3. The van der Waals surface area contributed by atoms with E-state index < -0.39 is 14.9 Å². The number of hydrogen-bond acceptors (Lipinski definition) is 6. The fraction of sp³-hybridized carbons (Fsp3) is 0.111. The Hall–Kier alpha value is -2.29. The van der Waals surface area contributed by atoms with Crippen molar-refractivity contribution in [3.63, 3.8) is 0 Å². The number of nitrogens with one attached hydrogen (secondary N) is 1. The molecule has 0 amide bonds. The Labute approximate surface area is 102 Å². The molecular weight excluding hydrogens is 260 g/mol. The summed E-state index contributed by atoms with van der Waals surface area (Å²) in [6.45, 7) is 0. The van der Waals surface area contributed by atoms with Crippen LogP contribution in [0.15, 0.2) is 24.5 Å². The first-order chi connectivity index (χ1) is 8.38. The molecule has 2 rings (SSSR count). The fourth-order valence-corrected chi connectivity index (χ4v) is 2.04. The smallest absolute Gasteiger partial charge is 0.275 e. The molecule has 2 aromatic rings. The summed E-state index contributed by atoms with van der Waals surface area (Å²) >= 11 is 0. The third kappa shape index (κ3) is 2.35. The number of nitro groups is 1. The molecule has 1 aromatic heterocycles. The van der Waals surface area contributed by atoms with Crippen LogP contribution in [-0.4, -0.2) is 29.6 Å². The number of nitro benzene ring substituents is 1. The quantitative estimate of drug-likeness (QED) is 0.653. The molecule has 0 atom stereocenters. The maximum Gasteiger partial charge on any atom is 0.295 e. The van der Waals surface area contributed by atoms with E-state index in [1.807, 2.05) is 0 Å². The number of aromatic nitrogens is 2. The predicted molar refractivity (Wildman–Crippen MR) is 64.7 cm³/mol. The van der Waals surface area contributed by atoms with Crippen molar-refractivity contribution in [1.82, 2.24) is 9.97 Å². The largest absolute Gasteiger partial charge is 0.295 e. The van der Waals surface area contributed by atoms with E-state index in [4.69, 9.17) is 0 Å². The van der Waals surface area contributed by atoms with Crippen molar-refractivity contribution in [2.24, 2.45) is 0 Å². The van der Waals surface area contributed by atoms with Gasteiger partial charge < -0.3 is 0 Å². The number of nitrogens with zero attached hydrogens (tertiary/aromatic N) is 3. The topological polar surface area (TPSA) is 115 Å². The predicted octanol–water partition coefficient (Wildman–Crippen LogP) is 0.909. The molecule has 0 aliphatic heterocycles. The van der Waals surface area contributed by atoms with E-state index in [-0.39, 0.29) is 16.9 Å². The Balaban J connectivity index is 2.78. The van der Waals surface area contributed by atoms with Crippen LogP contribution in [0.4, 0.5) is 11.4 Å². The molecule has 1 heterocycles. The zero-order valence-corrected chi connectivity index (χ0v) is 10.0. The highest BCUT2D eigenvalue weighted by molar-refractivity contribution is 7.92. The molecule has 0 bridgehead atoms. The van der Waals surface area contributed by atoms with Crippen LogP contribution in [0.25, 0.3) is 11.0 Å². The molecule has 0 radical (unpaired) electrons. The van der Waals surface area contributed by atoms with Crippen LogP contribution < -0.4 is 4.72 Å². The monoisotopic (exact) mass is 268 g/mol. The minimum Gasteiger partial charge on any atom is -0.275 e. The zero-order chi connectivity index (χ0) is 13.3. The van der Waals surface area contributed by atoms with Gasteiger partial charge in [0.1, 0.15) is 5.52 Å². The number of rotatable bonds is 3. The average molecular weight is 268 g/mol. The van der Waals surface area contributed by atoms with Gasteiger partial charge in [-0.1, -0.05) is 0 Å². The molecule has 8 nitrogen and oxygen atoms in total. The number of fused-ring (bicyclic) bond motifs is 1. The number of anilines is 1. The lowest BCUT2D eigenvalue weighted by atomic mass is 10.2. The Morgan fingerprint density at radius 3 is 2.56 bits per heavy atom. The van der Waals surface area contributed by atoms with Gasteiger partial charge in [0.05, 0.1) is 16.7 Å². The van der Waals surface area contributed by atoms with Gasteiger partial charge in [-0.2, -0.15) is 0 Å². The third-order valence-corrected chi connectivity index (χ3v) is 2.68. The Morgan fingerprint density at radius 2 is 1.94 bits per heavy atom. The van der Waals surface area contributed by atoms with Crippen LogP contribution in [0.1, 0.15) is 0 Å². The maximum atomic E-state index is 11.2. The van der Waals surface area contributed by atoms with Crippen molar-refractivity contribution in [2.75, 3.05) is 11.0 Å². The summed E-state index contributed by atoms with van der Waals surface area (Å²) in [6.07, 6.45) is 3.66. The summed E-state index contributed by atoms with van der Waals surface area (Å²) in [5, 5.41) is 10.9. The van der Waals surface area contributed by atoms with Crippen LogP contribution in [0.3, 0.4) is 0 Å². The van der Waals surface area contributed by atoms with Crippen molar-refractivity contribution in [1.29, 1.82) is 0 Å². The summed E-state index contributed by atoms with van der Waals surface area (Å²) in [5.74, 6) is 0. The molecule has 0 unspecified atom stereocenters. The van der Waals surface area contributed by atoms with E-state index in [1.165, 1.54) is 24.5 Å². The summed E-state index contributed by atoms with van der Waals surface area (Å²) in [4.78, 5) is 18.1. The second kappa shape index (κ2) is 4.18. The molecule has 0 aliphatic carbocycles. The molecule has 0 spiro atoms. The first kappa shape index (κ1) is 12.2. The molecule has 9 heteroatoms. The van der Waals surface area contributed by atoms with Crippen molar-refractivity contribution < 1.29 is 13.3 Å². The van der Waals surface area contributed by atoms with E-state index in [0.29, 0.717) is 5.52 Å². The summed E-state index contributed by atoms with van der Waals surface area (Å²) < 4.78 is 24.6. The highest BCUT2D eigenvalue weighted by atomic mass is 32.2. The lowest BCUT2D eigenvalue weighted by molar-refractivity contribution is -0.383. The number of benzene rings is 1. The molecule has 94 valence electrons. The lowest BCUT2D eigenvalue weighted by Gasteiger charge is -2.07. The van der Waals surface area contributed by atoms with Crippen molar-refractivity contribution in [3.8, 4) is 0 Å². The van der Waals surface area contributed by atoms with Gasteiger partial charge in [0.15, 0.2) is 5.69 Å². The normalized spacial score (nSPS) is 11.4. The van der Waals surface area contributed by atoms with Crippen molar-refractivity contribution in [3.05, 3.63) is 34.6 Å². The summed E-state index contributed by atoms with van der Waals surface area (Å²) in [5.41, 5.74) is -0.0344. The van der Waals surface area contributed by atoms with Crippen LogP contribution in [0, 0.1) is 10.1 Å². The Bertz CT molecular complexity index is 728. The minimum atomic E-state index is -3.65. The molecule has 1 aromatic carbocycles. The first-order valence-electron chi connectivity index (χ1n) is 4.74. The molecule has 0 saturated carbocycles. The molecule has 0 aliphatic rings. The van der Waals surface area contributed by atoms with E-state index in [9.17, 15) is 18.5 Å². The highest BCUT2D eigenvalue weighted by Crippen LogP contribution is 2.31. The maximum absolute atomic E-state index is 11.2. The van der Waals surface area contributed by atoms with Gasteiger partial charge >= 0.3 is 0 Å². The lowest BCUT2D eigenvalue weighted by Crippen LogP contribution is -2.12. The fourth-order valence-electron chi connectivity index (χ4n) is 1.46. The third-order valence-electron chi connectivity index (χ3n) is 2.10. The highest BCUT2D eigenvalue weighted by Gasteiger charge is 2.20. The number of hydrogen-bond donors (Lipinski definition) is 1. The van der Waals surface area contributed by atoms with Crippen LogP contribution >= 0.6 is 0 Å². The van der Waals surface area contributed by atoms with Gasteiger partial charge in [0.2, 0.25) is 10.0 Å². The first-order valence-corrected chi connectivity index (χ1v) is 6.63. The minimum absolute atomic E-state index is 0.136. The van der Waals surface area contributed by atoms with Crippen LogP contribution in [-0.2, 0) is 10.0 Å². The van der Waals surface area contributed by atoms with Crippen molar-refractivity contribution >= 4 is 32.4 Å². The summed E-state index contributed by atoms with van der Waals surface area (Å²) in [7, 11) is -3.65. The zero-order valence-electron chi connectivity index (χ0n) is 9.19.